The molecule has 2 rings (SSSR count). The van der Waals surface area contributed by atoms with E-state index in [-0.39, 0.29) is 18.3 Å². The molecule has 2 fully saturated rings. The van der Waals surface area contributed by atoms with E-state index in [0.717, 1.165) is 12.8 Å². The minimum atomic E-state index is -3.09. The number of amides is 1. The molecule has 7 heteroatoms. The summed E-state index contributed by atoms with van der Waals surface area (Å²) in [5.41, 5.74) is -0.963. The van der Waals surface area contributed by atoms with Gasteiger partial charge in [-0.15, -0.1) is 0 Å². The molecule has 126 valence electrons. The quantitative estimate of drug-likeness (QED) is 0.838. The molecule has 5 nitrogen and oxygen atoms in total. The summed E-state index contributed by atoms with van der Waals surface area (Å²) in [4.78, 5) is 23.2. The van der Waals surface area contributed by atoms with Gasteiger partial charge in [-0.25, -0.2) is 18.4 Å². The predicted molar refractivity (Wildman–Crippen MR) is 74.7 cm³/mol. The van der Waals surface area contributed by atoms with Crippen molar-refractivity contribution in [1.29, 1.82) is 0 Å². The van der Waals surface area contributed by atoms with E-state index in [0.29, 0.717) is 6.42 Å². The van der Waals surface area contributed by atoms with E-state index in [9.17, 15) is 23.5 Å². The van der Waals surface area contributed by atoms with Crippen LogP contribution >= 0.6 is 0 Å². The Morgan fingerprint density at radius 2 is 1.77 bits per heavy atom. The maximum absolute atomic E-state index is 14.2. The monoisotopic (exact) mass is 319 g/mol. The van der Waals surface area contributed by atoms with Gasteiger partial charge in [-0.3, -0.25) is 0 Å². The standard InChI is InChI=1S/C15H23F2NO4/c1-13(2,3)22-12(21)18-10(11(19)20)9-8-14(4-5-14)6-7-15(9,16)17/h9-10H,4-8H2,1-3H3,(H,18,21)(H,19,20)/t9-,10?/m0/s1. The Bertz CT molecular complexity index is 469. The minimum absolute atomic E-state index is 0.132. The molecule has 0 heterocycles. The number of alkyl carbamates (subject to hydrolysis) is 1. The van der Waals surface area contributed by atoms with Crippen LogP contribution in [0.4, 0.5) is 13.6 Å². The summed E-state index contributed by atoms with van der Waals surface area (Å²) in [7, 11) is 0. The number of rotatable bonds is 3. The molecule has 1 spiro atoms. The van der Waals surface area contributed by atoms with Crippen LogP contribution in [0.15, 0.2) is 0 Å². The third-order valence-electron chi connectivity index (χ3n) is 4.48. The van der Waals surface area contributed by atoms with Crippen LogP contribution in [-0.2, 0) is 9.53 Å². The molecule has 1 unspecified atom stereocenters. The molecule has 0 aliphatic heterocycles. The second kappa shape index (κ2) is 5.35. The maximum atomic E-state index is 14.2. The summed E-state index contributed by atoms with van der Waals surface area (Å²) >= 11 is 0. The Morgan fingerprint density at radius 3 is 2.23 bits per heavy atom. The fourth-order valence-corrected chi connectivity index (χ4v) is 3.10. The van der Waals surface area contributed by atoms with Gasteiger partial charge in [0.05, 0.1) is 5.92 Å². The van der Waals surface area contributed by atoms with Crippen LogP contribution in [0.25, 0.3) is 0 Å². The van der Waals surface area contributed by atoms with Crippen molar-refractivity contribution in [2.75, 3.05) is 0 Å². The third kappa shape index (κ3) is 3.87. The highest BCUT2D eigenvalue weighted by atomic mass is 19.3. The number of ether oxygens (including phenoxy) is 1. The van der Waals surface area contributed by atoms with E-state index < -0.39 is 35.5 Å². The number of carboxylic acids is 1. The first-order chi connectivity index (χ1) is 9.94. The first-order valence-electron chi connectivity index (χ1n) is 7.54. The molecule has 2 atom stereocenters. The molecule has 0 bridgehead atoms. The number of carbonyl (C=O) groups is 2. The van der Waals surface area contributed by atoms with Crippen LogP contribution in [0.2, 0.25) is 0 Å². The predicted octanol–water partition coefficient (Wildman–Crippen LogP) is 3.18. The van der Waals surface area contributed by atoms with Gasteiger partial charge in [0, 0.05) is 6.42 Å². The van der Waals surface area contributed by atoms with E-state index >= 15 is 0 Å². The number of hydrogen-bond donors (Lipinski definition) is 2. The number of carbonyl (C=O) groups excluding carboxylic acids is 1. The molecule has 0 saturated heterocycles. The van der Waals surface area contributed by atoms with Crippen molar-refractivity contribution in [2.24, 2.45) is 11.3 Å². The average Bonchev–Trinajstić information content (AvgIpc) is 3.08. The largest absolute Gasteiger partial charge is 0.480 e. The molecule has 22 heavy (non-hydrogen) atoms. The fraction of sp³-hybridized carbons (Fsp3) is 0.867. The molecule has 2 aliphatic carbocycles. The highest BCUT2D eigenvalue weighted by molar-refractivity contribution is 5.80. The lowest BCUT2D eigenvalue weighted by Gasteiger charge is -2.39. The van der Waals surface area contributed by atoms with Gasteiger partial charge in [0.15, 0.2) is 0 Å². The van der Waals surface area contributed by atoms with Gasteiger partial charge in [-0.1, -0.05) is 0 Å². The summed E-state index contributed by atoms with van der Waals surface area (Å²) in [6, 6.07) is -1.64. The number of nitrogens with one attached hydrogen (secondary N) is 1. The zero-order valence-electron chi connectivity index (χ0n) is 13.1. The lowest BCUT2D eigenvalue weighted by molar-refractivity contribution is -0.154. The Morgan fingerprint density at radius 1 is 1.23 bits per heavy atom. The van der Waals surface area contributed by atoms with Crippen molar-refractivity contribution < 1.29 is 28.2 Å². The SMILES string of the molecule is CC(C)(C)OC(=O)NC(C(=O)O)[C@@H]1CC2(CC2)CCC1(F)F. The van der Waals surface area contributed by atoms with E-state index in [1.165, 1.54) is 0 Å². The summed E-state index contributed by atoms with van der Waals surface area (Å²) in [6.45, 7) is 4.87. The van der Waals surface area contributed by atoms with Crippen LogP contribution in [0.3, 0.4) is 0 Å². The number of carboxylic acid groups (broad SMARTS) is 1. The number of halogens is 2. The molecule has 2 N–H and O–H groups in total. The van der Waals surface area contributed by atoms with Crippen LogP contribution in [0.1, 0.15) is 52.9 Å². The maximum Gasteiger partial charge on any atom is 0.408 e. The van der Waals surface area contributed by atoms with E-state index in [2.05, 4.69) is 5.32 Å². The highest BCUT2D eigenvalue weighted by Gasteiger charge is 2.59. The summed E-state index contributed by atoms with van der Waals surface area (Å²) in [6.07, 6.45) is 0.974. The van der Waals surface area contributed by atoms with Gasteiger partial charge in [0.1, 0.15) is 11.6 Å². The fourth-order valence-electron chi connectivity index (χ4n) is 3.10. The molecule has 0 aromatic rings. The van der Waals surface area contributed by atoms with E-state index in [4.69, 9.17) is 4.74 Å². The van der Waals surface area contributed by atoms with Crippen LogP contribution in [0, 0.1) is 11.3 Å². The Labute approximate surface area is 128 Å². The van der Waals surface area contributed by atoms with Gasteiger partial charge in [0.25, 0.3) is 5.92 Å². The smallest absolute Gasteiger partial charge is 0.408 e. The molecule has 0 aromatic heterocycles. The second-order valence-corrected chi connectivity index (χ2v) is 7.53. The van der Waals surface area contributed by atoms with Gasteiger partial charge >= 0.3 is 12.1 Å². The molecule has 0 radical (unpaired) electrons. The normalized spacial score (nSPS) is 27.0. The van der Waals surface area contributed by atoms with Crippen LogP contribution in [0.5, 0.6) is 0 Å². The van der Waals surface area contributed by atoms with E-state index in [1.807, 2.05) is 0 Å². The first-order valence-corrected chi connectivity index (χ1v) is 7.54. The molecule has 2 aliphatic rings. The van der Waals surface area contributed by atoms with Crippen LogP contribution < -0.4 is 5.32 Å². The van der Waals surface area contributed by atoms with Crippen molar-refractivity contribution in [3.05, 3.63) is 0 Å². The van der Waals surface area contributed by atoms with Gasteiger partial charge < -0.3 is 15.2 Å². The molecular formula is C15H23F2NO4. The zero-order valence-corrected chi connectivity index (χ0v) is 13.1. The van der Waals surface area contributed by atoms with Crippen LogP contribution in [-0.4, -0.2) is 34.7 Å². The highest BCUT2D eigenvalue weighted by Crippen LogP contribution is 2.61. The van der Waals surface area contributed by atoms with Crippen molar-refractivity contribution >= 4 is 12.1 Å². The van der Waals surface area contributed by atoms with Gasteiger partial charge in [-0.2, -0.15) is 0 Å². The Kier molecular flexibility index (Phi) is 4.13. The molecule has 2 saturated carbocycles. The van der Waals surface area contributed by atoms with Crippen molar-refractivity contribution in [1.82, 2.24) is 5.32 Å². The van der Waals surface area contributed by atoms with Crippen molar-refractivity contribution in [3.63, 3.8) is 0 Å². The third-order valence-corrected chi connectivity index (χ3v) is 4.48. The topological polar surface area (TPSA) is 75.6 Å². The van der Waals surface area contributed by atoms with Crippen molar-refractivity contribution in [2.45, 2.75) is 70.4 Å². The molecular weight excluding hydrogens is 296 g/mol. The second-order valence-electron chi connectivity index (χ2n) is 7.53. The van der Waals surface area contributed by atoms with E-state index in [1.54, 1.807) is 20.8 Å². The van der Waals surface area contributed by atoms with Gasteiger partial charge in [0.2, 0.25) is 0 Å². The van der Waals surface area contributed by atoms with Crippen molar-refractivity contribution in [3.8, 4) is 0 Å². The number of aliphatic carboxylic acids is 1. The molecule has 1 amide bonds. The number of alkyl halides is 2. The zero-order chi connectivity index (χ0) is 16.8. The Hall–Kier alpha value is -1.40. The Balaban J connectivity index is 2.12. The minimum Gasteiger partial charge on any atom is -0.480 e. The number of hydrogen-bond acceptors (Lipinski definition) is 3. The average molecular weight is 319 g/mol. The first kappa shape index (κ1) is 17.0. The lowest BCUT2D eigenvalue weighted by atomic mass is 9.73. The summed E-state index contributed by atoms with van der Waals surface area (Å²) in [5.74, 6) is -5.94. The summed E-state index contributed by atoms with van der Waals surface area (Å²) < 4.78 is 33.4. The molecule has 0 aromatic carbocycles. The summed E-state index contributed by atoms with van der Waals surface area (Å²) in [5, 5.41) is 11.4. The lowest BCUT2D eigenvalue weighted by Crippen LogP contribution is -2.54. The van der Waals surface area contributed by atoms with Gasteiger partial charge in [-0.05, 0) is 51.9 Å².